The minimum Gasteiger partial charge on any atom is -0.378 e. The van der Waals surface area contributed by atoms with Crippen LogP contribution >= 0.6 is 35.0 Å². The Morgan fingerprint density at radius 2 is 2.00 bits per heavy atom. The van der Waals surface area contributed by atoms with E-state index in [0.29, 0.717) is 47.5 Å². The van der Waals surface area contributed by atoms with Crippen molar-refractivity contribution >= 4 is 50.9 Å². The highest BCUT2D eigenvalue weighted by Gasteiger charge is 2.30. The van der Waals surface area contributed by atoms with Crippen molar-refractivity contribution in [1.82, 2.24) is 9.62 Å². The summed E-state index contributed by atoms with van der Waals surface area (Å²) in [5.41, 5.74) is 1.85. The van der Waals surface area contributed by atoms with Crippen molar-refractivity contribution in [3.05, 3.63) is 55.6 Å². The van der Waals surface area contributed by atoms with E-state index in [1.807, 2.05) is 4.72 Å². The third kappa shape index (κ3) is 5.50. The standard InChI is InChI=1S/C19H19Cl2N3O4S2/c1-30(26,27)23-18(25)15-11-29-19(24-4-6-28-7-5-24)14(10-22)13(15)8-12-2-3-16(20)17(21)9-12/h2-3,9H,4-8,11H2,1H3,(H,23,25). The minimum atomic E-state index is -3.75. The summed E-state index contributed by atoms with van der Waals surface area (Å²) in [6.07, 6.45) is 1.15. The number of nitriles is 1. The number of amides is 1. The average Bonchev–Trinajstić information content (AvgIpc) is 2.69. The van der Waals surface area contributed by atoms with Crippen molar-refractivity contribution < 1.29 is 17.9 Å². The number of hydrogen-bond acceptors (Lipinski definition) is 7. The Balaban J connectivity index is 2.08. The zero-order chi connectivity index (χ0) is 21.9. The van der Waals surface area contributed by atoms with Crippen molar-refractivity contribution in [1.29, 1.82) is 5.26 Å². The van der Waals surface area contributed by atoms with Crippen molar-refractivity contribution in [2.75, 3.05) is 38.3 Å². The molecule has 11 heteroatoms. The van der Waals surface area contributed by atoms with E-state index in [9.17, 15) is 18.5 Å². The Morgan fingerprint density at radius 1 is 1.30 bits per heavy atom. The van der Waals surface area contributed by atoms with Gasteiger partial charge >= 0.3 is 0 Å². The quantitative estimate of drug-likeness (QED) is 0.681. The van der Waals surface area contributed by atoms with Crippen LogP contribution in [0.25, 0.3) is 0 Å². The van der Waals surface area contributed by atoms with Gasteiger partial charge in [0.25, 0.3) is 5.91 Å². The maximum atomic E-state index is 12.7. The number of carbonyl (C=O) groups excluding carboxylic acids is 1. The number of rotatable bonds is 5. The summed E-state index contributed by atoms with van der Waals surface area (Å²) in [5.74, 6) is -0.482. The summed E-state index contributed by atoms with van der Waals surface area (Å²) in [5, 5.41) is 11.5. The molecular formula is C19H19Cl2N3O4S2. The fourth-order valence-electron chi connectivity index (χ4n) is 3.19. The number of thioether (sulfide) groups is 1. The summed E-state index contributed by atoms with van der Waals surface area (Å²) in [6.45, 7) is 2.38. The molecule has 2 heterocycles. The molecule has 0 radical (unpaired) electrons. The molecule has 2 aliphatic heterocycles. The molecule has 0 aromatic heterocycles. The molecule has 0 unspecified atom stereocenters. The van der Waals surface area contributed by atoms with Crippen molar-refractivity contribution in [3.8, 4) is 6.07 Å². The van der Waals surface area contributed by atoms with Crippen LogP contribution in [-0.2, 0) is 26.0 Å². The highest BCUT2D eigenvalue weighted by atomic mass is 35.5. The number of carbonyl (C=O) groups is 1. The van der Waals surface area contributed by atoms with Gasteiger partial charge in [0.1, 0.15) is 6.07 Å². The molecule has 160 valence electrons. The molecule has 1 fully saturated rings. The summed E-state index contributed by atoms with van der Waals surface area (Å²) in [6, 6.07) is 7.31. The third-order valence-electron chi connectivity index (χ3n) is 4.56. The van der Waals surface area contributed by atoms with Crippen LogP contribution < -0.4 is 4.72 Å². The van der Waals surface area contributed by atoms with Crippen LogP contribution in [0.4, 0.5) is 0 Å². The topological polar surface area (TPSA) is 99.5 Å². The summed E-state index contributed by atoms with van der Waals surface area (Å²) in [7, 11) is -3.75. The number of allylic oxidation sites excluding steroid dienone is 2. The van der Waals surface area contributed by atoms with Crippen LogP contribution in [0.2, 0.25) is 10.0 Å². The van der Waals surface area contributed by atoms with Gasteiger partial charge < -0.3 is 9.64 Å². The first-order valence-electron chi connectivity index (χ1n) is 8.98. The summed E-state index contributed by atoms with van der Waals surface area (Å²) >= 11 is 13.5. The number of halogens is 2. The molecule has 1 amide bonds. The fourth-order valence-corrected chi connectivity index (χ4v) is 5.24. The van der Waals surface area contributed by atoms with Crippen LogP contribution in [0.1, 0.15) is 5.56 Å². The fraction of sp³-hybridized carbons (Fsp3) is 0.368. The average molecular weight is 488 g/mol. The van der Waals surface area contributed by atoms with Crippen LogP contribution in [0.15, 0.2) is 39.9 Å². The summed E-state index contributed by atoms with van der Waals surface area (Å²) < 4.78 is 30.6. The maximum absolute atomic E-state index is 12.7. The molecule has 7 nitrogen and oxygen atoms in total. The monoisotopic (exact) mass is 487 g/mol. The van der Waals surface area contributed by atoms with Crippen LogP contribution in [0.5, 0.6) is 0 Å². The van der Waals surface area contributed by atoms with Gasteiger partial charge in [-0.2, -0.15) is 5.26 Å². The molecule has 0 spiro atoms. The number of nitrogens with zero attached hydrogens (tertiary/aromatic N) is 2. The predicted octanol–water partition coefficient (Wildman–Crippen LogP) is 2.72. The van der Waals surface area contributed by atoms with Gasteiger partial charge in [0, 0.05) is 24.4 Å². The lowest BCUT2D eigenvalue weighted by Gasteiger charge is -2.34. The Bertz CT molecular complexity index is 1070. The van der Waals surface area contributed by atoms with E-state index in [-0.39, 0.29) is 17.7 Å². The second-order valence-electron chi connectivity index (χ2n) is 6.77. The first kappa shape index (κ1) is 23.0. The predicted molar refractivity (Wildman–Crippen MR) is 118 cm³/mol. The normalized spacial score (nSPS) is 17.7. The summed E-state index contributed by atoms with van der Waals surface area (Å²) in [4.78, 5) is 14.8. The SMILES string of the molecule is CS(=O)(=O)NC(=O)C1=C(Cc2ccc(Cl)c(Cl)c2)C(C#N)=C(N2CCOCC2)SC1. The Hall–Kier alpha value is -1.70. The van der Waals surface area contributed by atoms with E-state index in [0.717, 1.165) is 16.8 Å². The molecule has 1 saturated heterocycles. The zero-order valence-electron chi connectivity index (χ0n) is 16.1. The lowest BCUT2D eigenvalue weighted by atomic mass is 9.94. The van der Waals surface area contributed by atoms with Gasteiger partial charge in [-0.05, 0) is 29.7 Å². The lowest BCUT2D eigenvalue weighted by molar-refractivity contribution is -0.115. The second kappa shape index (κ2) is 9.62. The van der Waals surface area contributed by atoms with E-state index in [2.05, 4.69) is 11.0 Å². The third-order valence-corrected chi connectivity index (χ3v) is 7.02. The van der Waals surface area contributed by atoms with Crippen LogP contribution in [0.3, 0.4) is 0 Å². The van der Waals surface area contributed by atoms with Crippen LogP contribution in [0, 0.1) is 11.3 Å². The van der Waals surface area contributed by atoms with E-state index in [1.165, 1.54) is 11.8 Å². The highest BCUT2D eigenvalue weighted by molar-refractivity contribution is 8.03. The van der Waals surface area contributed by atoms with Gasteiger partial charge in [-0.25, -0.2) is 13.1 Å². The van der Waals surface area contributed by atoms with Gasteiger partial charge in [0.2, 0.25) is 10.0 Å². The first-order chi connectivity index (χ1) is 14.2. The van der Waals surface area contributed by atoms with E-state index in [4.69, 9.17) is 27.9 Å². The second-order valence-corrected chi connectivity index (χ2v) is 10.3. The van der Waals surface area contributed by atoms with Crippen molar-refractivity contribution in [3.63, 3.8) is 0 Å². The van der Waals surface area contributed by atoms with E-state index in [1.54, 1.807) is 18.2 Å². The van der Waals surface area contributed by atoms with Gasteiger partial charge in [0.15, 0.2) is 0 Å². The Labute approximate surface area is 189 Å². The van der Waals surface area contributed by atoms with E-state index < -0.39 is 15.9 Å². The van der Waals surface area contributed by atoms with Gasteiger partial charge in [-0.3, -0.25) is 4.79 Å². The molecule has 0 atom stereocenters. The number of ether oxygens (including phenoxy) is 1. The highest BCUT2D eigenvalue weighted by Crippen LogP contribution is 2.38. The van der Waals surface area contributed by atoms with E-state index >= 15 is 0 Å². The molecule has 0 aliphatic carbocycles. The number of sulfonamides is 1. The molecular weight excluding hydrogens is 469 g/mol. The zero-order valence-corrected chi connectivity index (χ0v) is 19.2. The van der Waals surface area contributed by atoms with Gasteiger partial charge in [0.05, 0.1) is 40.1 Å². The Kier molecular flexibility index (Phi) is 7.37. The molecule has 0 bridgehead atoms. The maximum Gasteiger partial charge on any atom is 0.261 e. The number of morpholine rings is 1. The molecule has 3 rings (SSSR count). The molecule has 1 N–H and O–H groups in total. The number of hydrogen-bond donors (Lipinski definition) is 1. The molecule has 1 aromatic rings. The molecule has 2 aliphatic rings. The largest absolute Gasteiger partial charge is 0.378 e. The van der Waals surface area contributed by atoms with Gasteiger partial charge in [-0.15, -0.1) is 11.8 Å². The minimum absolute atomic E-state index is 0.237. The van der Waals surface area contributed by atoms with Crippen molar-refractivity contribution in [2.24, 2.45) is 0 Å². The molecule has 0 saturated carbocycles. The number of benzene rings is 1. The smallest absolute Gasteiger partial charge is 0.261 e. The van der Waals surface area contributed by atoms with Crippen LogP contribution in [-0.4, -0.2) is 57.5 Å². The first-order valence-corrected chi connectivity index (χ1v) is 12.6. The number of nitrogens with one attached hydrogen (secondary N) is 1. The van der Waals surface area contributed by atoms with Gasteiger partial charge in [-0.1, -0.05) is 29.3 Å². The lowest BCUT2D eigenvalue weighted by Crippen LogP contribution is -2.37. The van der Waals surface area contributed by atoms with Crippen molar-refractivity contribution in [2.45, 2.75) is 6.42 Å². The molecule has 1 aromatic carbocycles. The molecule has 30 heavy (non-hydrogen) atoms. The Morgan fingerprint density at radius 3 is 2.60 bits per heavy atom.